The molecular formula is C15H11BrN2O3. The van der Waals surface area contributed by atoms with E-state index in [2.05, 4.69) is 25.9 Å². The lowest BCUT2D eigenvalue weighted by Gasteiger charge is -2.08. The first-order valence-corrected chi connectivity index (χ1v) is 7.02. The number of carboxylic acids is 1. The first kappa shape index (κ1) is 13.6. The zero-order valence-electron chi connectivity index (χ0n) is 10.8. The standard InChI is InChI=1S/C15H11BrN2O3/c16-9-5-6-10(15(19)20)13(7-9)21-8-14-17-11-3-1-2-4-12(11)18-14/h1-7H,8H2,(H,17,18)(H,19,20). The topological polar surface area (TPSA) is 75.2 Å². The number of ether oxygens (including phenoxy) is 1. The molecule has 2 aromatic carbocycles. The van der Waals surface area contributed by atoms with Crippen molar-refractivity contribution in [2.24, 2.45) is 0 Å². The van der Waals surface area contributed by atoms with Gasteiger partial charge in [-0.3, -0.25) is 0 Å². The number of aromatic carboxylic acids is 1. The van der Waals surface area contributed by atoms with Crippen molar-refractivity contribution in [2.75, 3.05) is 0 Å². The number of H-pyrrole nitrogens is 1. The fourth-order valence-corrected chi connectivity index (χ4v) is 2.35. The molecule has 21 heavy (non-hydrogen) atoms. The second-order valence-corrected chi connectivity index (χ2v) is 5.35. The van der Waals surface area contributed by atoms with Crippen molar-refractivity contribution in [3.05, 3.63) is 58.3 Å². The highest BCUT2D eigenvalue weighted by Crippen LogP contribution is 2.24. The van der Waals surface area contributed by atoms with E-state index in [1.54, 1.807) is 12.1 Å². The van der Waals surface area contributed by atoms with Gasteiger partial charge in [-0.25, -0.2) is 9.78 Å². The van der Waals surface area contributed by atoms with Crippen LogP contribution in [0.2, 0.25) is 0 Å². The smallest absolute Gasteiger partial charge is 0.339 e. The summed E-state index contributed by atoms with van der Waals surface area (Å²) in [6.07, 6.45) is 0. The highest BCUT2D eigenvalue weighted by Gasteiger charge is 2.12. The molecule has 0 spiro atoms. The van der Waals surface area contributed by atoms with E-state index >= 15 is 0 Å². The fourth-order valence-electron chi connectivity index (χ4n) is 2.01. The summed E-state index contributed by atoms with van der Waals surface area (Å²) in [5.41, 5.74) is 1.89. The van der Waals surface area contributed by atoms with Gasteiger partial charge in [0.25, 0.3) is 0 Å². The third-order valence-electron chi connectivity index (χ3n) is 2.98. The van der Waals surface area contributed by atoms with Crippen LogP contribution < -0.4 is 4.74 Å². The number of fused-ring (bicyclic) bond motifs is 1. The molecule has 106 valence electrons. The summed E-state index contributed by atoms with van der Waals surface area (Å²) in [5.74, 6) is -0.0769. The monoisotopic (exact) mass is 346 g/mol. The van der Waals surface area contributed by atoms with Gasteiger partial charge in [0.05, 0.1) is 11.0 Å². The number of carbonyl (C=O) groups is 1. The average molecular weight is 347 g/mol. The number of rotatable bonds is 4. The van der Waals surface area contributed by atoms with Gasteiger partial charge in [0.15, 0.2) is 0 Å². The van der Waals surface area contributed by atoms with Crippen LogP contribution in [0.3, 0.4) is 0 Å². The molecule has 0 bridgehead atoms. The lowest BCUT2D eigenvalue weighted by Crippen LogP contribution is -2.04. The van der Waals surface area contributed by atoms with Crippen LogP contribution in [0.5, 0.6) is 5.75 Å². The minimum Gasteiger partial charge on any atom is -0.485 e. The molecule has 1 heterocycles. The molecule has 0 radical (unpaired) electrons. The molecule has 2 N–H and O–H groups in total. The summed E-state index contributed by atoms with van der Waals surface area (Å²) in [7, 11) is 0. The number of imidazole rings is 1. The molecule has 0 fully saturated rings. The Hall–Kier alpha value is -2.34. The third kappa shape index (κ3) is 2.90. The van der Waals surface area contributed by atoms with Crippen molar-refractivity contribution in [3.63, 3.8) is 0 Å². The van der Waals surface area contributed by atoms with Crippen molar-refractivity contribution in [2.45, 2.75) is 6.61 Å². The van der Waals surface area contributed by atoms with Gasteiger partial charge in [0.2, 0.25) is 0 Å². The van der Waals surface area contributed by atoms with Gasteiger partial charge < -0.3 is 14.8 Å². The largest absolute Gasteiger partial charge is 0.485 e. The Morgan fingerprint density at radius 2 is 2.10 bits per heavy atom. The predicted octanol–water partition coefficient (Wildman–Crippen LogP) is 3.60. The van der Waals surface area contributed by atoms with Crippen LogP contribution in [0.1, 0.15) is 16.2 Å². The molecule has 0 saturated heterocycles. The Morgan fingerprint density at radius 1 is 1.29 bits per heavy atom. The summed E-state index contributed by atoms with van der Waals surface area (Å²) >= 11 is 3.30. The average Bonchev–Trinajstić information content (AvgIpc) is 2.87. The molecule has 0 saturated carbocycles. The van der Waals surface area contributed by atoms with Crippen molar-refractivity contribution in [1.29, 1.82) is 0 Å². The van der Waals surface area contributed by atoms with E-state index < -0.39 is 5.97 Å². The van der Waals surface area contributed by atoms with Crippen LogP contribution in [0.15, 0.2) is 46.9 Å². The van der Waals surface area contributed by atoms with Crippen molar-refractivity contribution in [3.8, 4) is 5.75 Å². The van der Waals surface area contributed by atoms with Gasteiger partial charge in [-0.2, -0.15) is 0 Å². The van der Waals surface area contributed by atoms with Gasteiger partial charge in [0.1, 0.15) is 23.7 Å². The van der Waals surface area contributed by atoms with E-state index in [9.17, 15) is 4.79 Å². The molecule has 0 aliphatic heterocycles. The van der Waals surface area contributed by atoms with Crippen LogP contribution >= 0.6 is 15.9 Å². The van der Waals surface area contributed by atoms with E-state index in [1.807, 2.05) is 24.3 Å². The summed E-state index contributed by atoms with van der Waals surface area (Å²) in [6, 6.07) is 12.4. The highest BCUT2D eigenvalue weighted by molar-refractivity contribution is 9.10. The highest BCUT2D eigenvalue weighted by atomic mass is 79.9. The van der Waals surface area contributed by atoms with Crippen molar-refractivity contribution >= 4 is 32.9 Å². The van der Waals surface area contributed by atoms with E-state index in [4.69, 9.17) is 9.84 Å². The fraction of sp³-hybridized carbons (Fsp3) is 0.0667. The quantitative estimate of drug-likeness (QED) is 0.756. The Bertz CT molecular complexity index is 781. The lowest BCUT2D eigenvalue weighted by molar-refractivity contribution is 0.0691. The molecule has 3 rings (SSSR count). The number of aromatic amines is 1. The predicted molar refractivity (Wildman–Crippen MR) is 81.5 cm³/mol. The molecule has 3 aromatic rings. The summed E-state index contributed by atoms with van der Waals surface area (Å²) in [4.78, 5) is 18.7. The van der Waals surface area contributed by atoms with Crippen LogP contribution in [-0.4, -0.2) is 21.0 Å². The van der Waals surface area contributed by atoms with Gasteiger partial charge in [0, 0.05) is 4.47 Å². The number of halogens is 1. The maximum Gasteiger partial charge on any atom is 0.339 e. The second-order valence-electron chi connectivity index (χ2n) is 4.43. The zero-order chi connectivity index (χ0) is 14.8. The molecule has 0 unspecified atom stereocenters. The third-order valence-corrected chi connectivity index (χ3v) is 3.47. The van der Waals surface area contributed by atoms with Crippen LogP contribution in [-0.2, 0) is 6.61 Å². The number of nitrogens with zero attached hydrogens (tertiary/aromatic N) is 1. The van der Waals surface area contributed by atoms with Crippen molar-refractivity contribution in [1.82, 2.24) is 9.97 Å². The summed E-state index contributed by atoms with van der Waals surface area (Å²) in [5, 5.41) is 9.15. The Labute approximate surface area is 128 Å². The minimum absolute atomic E-state index is 0.120. The normalized spacial score (nSPS) is 10.7. The summed E-state index contributed by atoms with van der Waals surface area (Å²) in [6.45, 7) is 0.172. The van der Waals surface area contributed by atoms with Gasteiger partial charge in [-0.05, 0) is 30.3 Å². The number of aromatic nitrogens is 2. The SMILES string of the molecule is O=C(O)c1ccc(Br)cc1OCc1nc2ccccc2[nH]1. The second kappa shape index (κ2) is 5.57. The number of nitrogens with one attached hydrogen (secondary N) is 1. The molecule has 5 nitrogen and oxygen atoms in total. The first-order valence-electron chi connectivity index (χ1n) is 6.23. The molecule has 1 aromatic heterocycles. The minimum atomic E-state index is -1.03. The number of benzene rings is 2. The van der Waals surface area contributed by atoms with Gasteiger partial charge in [-0.1, -0.05) is 28.1 Å². The zero-order valence-corrected chi connectivity index (χ0v) is 12.4. The number of hydrogen-bond acceptors (Lipinski definition) is 3. The number of hydrogen-bond donors (Lipinski definition) is 2. The van der Waals surface area contributed by atoms with Crippen molar-refractivity contribution < 1.29 is 14.6 Å². The first-order chi connectivity index (χ1) is 10.1. The Kier molecular flexibility index (Phi) is 3.62. The van der Waals surface area contributed by atoms with Crippen LogP contribution in [0.25, 0.3) is 11.0 Å². The van der Waals surface area contributed by atoms with E-state index in [1.165, 1.54) is 6.07 Å². The van der Waals surface area contributed by atoms with E-state index in [-0.39, 0.29) is 12.2 Å². The van der Waals surface area contributed by atoms with E-state index in [0.29, 0.717) is 11.6 Å². The molecular weight excluding hydrogens is 336 g/mol. The maximum absolute atomic E-state index is 11.2. The van der Waals surface area contributed by atoms with Gasteiger partial charge >= 0.3 is 5.97 Å². The molecule has 0 aliphatic carbocycles. The number of para-hydroxylation sites is 2. The summed E-state index contributed by atoms with van der Waals surface area (Å²) < 4.78 is 6.35. The molecule has 0 aliphatic rings. The lowest BCUT2D eigenvalue weighted by atomic mass is 10.2. The molecule has 0 atom stereocenters. The van der Waals surface area contributed by atoms with Crippen LogP contribution in [0.4, 0.5) is 0 Å². The Balaban J connectivity index is 1.84. The van der Waals surface area contributed by atoms with Gasteiger partial charge in [-0.15, -0.1) is 0 Å². The maximum atomic E-state index is 11.2. The molecule has 0 amide bonds. The van der Waals surface area contributed by atoms with Crippen LogP contribution in [0, 0.1) is 0 Å². The van der Waals surface area contributed by atoms with E-state index in [0.717, 1.165) is 15.5 Å². The Morgan fingerprint density at radius 3 is 2.86 bits per heavy atom. The number of carboxylic acid groups (broad SMARTS) is 1. The molecule has 6 heteroatoms.